The lowest BCUT2D eigenvalue weighted by Crippen LogP contribution is -2.42. The summed E-state index contributed by atoms with van der Waals surface area (Å²) in [5, 5.41) is 0. The standard InChI is InChI=1S/C27H54/c1-8-13-14-17-21(6)23(11-4)18-19-24(15-9-2)22(7)27-20-25(16-10-3)26(27)12-5/h21-27H,8-20H2,1-7H3. The van der Waals surface area contributed by atoms with Gasteiger partial charge < -0.3 is 0 Å². The van der Waals surface area contributed by atoms with Crippen LogP contribution in [0.3, 0.4) is 0 Å². The second kappa shape index (κ2) is 14.1. The number of unbranched alkanes of at least 4 members (excludes halogenated alkanes) is 2. The third-order valence-corrected chi connectivity index (χ3v) is 8.44. The van der Waals surface area contributed by atoms with Gasteiger partial charge in [-0.2, -0.15) is 0 Å². The predicted octanol–water partition coefficient (Wildman–Crippen LogP) is 9.52. The maximum Gasteiger partial charge on any atom is -0.0352 e. The SMILES string of the molecule is CCCCCC(C)C(CC)CCC(CCC)C(C)C1CC(CCC)C1CC. The number of hydrogen-bond donors (Lipinski definition) is 0. The quantitative estimate of drug-likeness (QED) is 0.234. The van der Waals surface area contributed by atoms with Gasteiger partial charge in [0.25, 0.3) is 0 Å². The minimum atomic E-state index is 0.931. The Morgan fingerprint density at radius 1 is 0.741 bits per heavy atom. The molecule has 0 spiro atoms. The Balaban J connectivity index is 2.56. The molecule has 1 fully saturated rings. The van der Waals surface area contributed by atoms with Gasteiger partial charge in [0.2, 0.25) is 0 Å². The van der Waals surface area contributed by atoms with Crippen molar-refractivity contribution in [2.24, 2.45) is 41.4 Å². The van der Waals surface area contributed by atoms with Crippen LogP contribution in [0.1, 0.15) is 132 Å². The van der Waals surface area contributed by atoms with E-state index in [1.807, 2.05) is 0 Å². The largest absolute Gasteiger partial charge is 0.0654 e. The van der Waals surface area contributed by atoms with E-state index < -0.39 is 0 Å². The summed E-state index contributed by atoms with van der Waals surface area (Å²) in [6, 6.07) is 0. The molecule has 7 atom stereocenters. The molecule has 0 radical (unpaired) electrons. The van der Waals surface area contributed by atoms with Crippen molar-refractivity contribution >= 4 is 0 Å². The maximum atomic E-state index is 2.63. The van der Waals surface area contributed by atoms with Crippen molar-refractivity contribution in [2.45, 2.75) is 132 Å². The fraction of sp³-hybridized carbons (Fsp3) is 1.00. The number of rotatable bonds is 16. The summed E-state index contributed by atoms with van der Waals surface area (Å²) in [7, 11) is 0. The molecule has 1 aliphatic rings. The average Bonchev–Trinajstić information content (AvgIpc) is 2.64. The molecule has 0 N–H and O–H groups in total. The highest BCUT2D eigenvalue weighted by molar-refractivity contribution is 4.92. The first-order chi connectivity index (χ1) is 13.0. The summed E-state index contributed by atoms with van der Waals surface area (Å²) in [5.41, 5.74) is 0. The highest BCUT2D eigenvalue weighted by Crippen LogP contribution is 2.51. The molecular formula is C27H54. The first-order valence-electron chi connectivity index (χ1n) is 13.0. The molecule has 0 aromatic carbocycles. The van der Waals surface area contributed by atoms with E-state index in [0.29, 0.717) is 0 Å². The van der Waals surface area contributed by atoms with E-state index in [0.717, 1.165) is 41.4 Å². The molecule has 7 unspecified atom stereocenters. The molecule has 0 saturated heterocycles. The van der Waals surface area contributed by atoms with Gasteiger partial charge in [0.05, 0.1) is 0 Å². The van der Waals surface area contributed by atoms with Gasteiger partial charge in [0.15, 0.2) is 0 Å². The van der Waals surface area contributed by atoms with Crippen LogP contribution < -0.4 is 0 Å². The molecule has 0 nitrogen and oxygen atoms in total. The first kappa shape index (κ1) is 25.0. The topological polar surface area (TPSA) is 0 Å². The zero-order chi connectivity index (χ0) is 20.2. The van der Waals surface area contributed by atoms with Crippen LogP contribution in [0.2, 0.25) is 0 Å². The van der Waals surface area contributed by atoms with Crippen molar-refractivity contribution in [3.63, 3.8) is 0 Å². The van der Waals surface area contributed by atoms with Crippen molar-refractivity contribution in [2.75, 3.05) is 0 Å². The Bertz CT molecular complexity index is 346. The van der Waals surface area contributed by atoms with Crippen molar-refractivity contribution in [1.29, 1.82) is 0 Å². The van der Waals surface area contributed by atoms with E-state index in [1.165, 1.54) is 77.0 Å². The highest BCUT2D eigenvalue weighted by atomic mass is 14.5. The van der Waals surface area contributed by atoms with E-state index in [-0.39, 0.29) is 0 Å². The van der Waals surface area contributed by atoms with Crippen LogP contribution in [0.5, 0.6) is 0 Å². The average molecular weight is 379 g/mol. The van der Waals surface area contributed by atoms with Gasteiger partial charge in [0, 0.05) is 0 Å². The lowest BCUT2D eigenvalue weighted by atomic mass is 9.55. The van der Waals surface area contributed by atoms with E-state index >= 15 is 0 Å². The minimum Gasteiger partial charge on any atom is -0.0654 e. The molecule has 1 rings (SSSR count). The minimum absolute atomic E-state index is 0.931. The van der Waals surface area contributed by atoms with Crippen LogP contribution in [-0.4, -0.2) is 0 Å². The Kier molecular flexibility index (Phi) is 13.0. The zero-order valence-corrected chi connectivity index (χ0v) is 20.2. The lowest BCUT2D eigenvalue weighted by molar-refractivity contribution is -0.00563. The van der Waals surface area contributed by atoms with E-state index in [2.05, 4.69) is 48.5 Å². The monoisotopic (exact) mass is 378 g/mol. The molecule has 27 heavy (non-hydrogen) atoms. The third-order valence-electron chi connectivity index (χ3n) is 8.44. The van der Waals surface area contributed by atoms with Crippen LogP contribution in [0.4, 0.5) is 0 Å². The van der Waals surface area contributed by atoms with Gasteiger partial charge in [-0.1, -0.05) is 113 Å². The predicted molar refractivity (Wildman–Crippen MR) is 124 cm³/mol. The normalized spacial score (nSPS) is 27.0. The van der Waals surface area contributed by atoms with E-state index in [4.69, 9.17) is 0 Å². The second-order valence-electron chi connectivity index (χ2n) is 10.1. The molecule has 0 amide bonds. The summed E-state index contributed by atoms with van der Waals surface area (Å²) in [5.74, 6) is 6.95. The molecule has 162 valence electrons. The first-order valence-corrected chi connectivity index (χ1v) is 13.0. The Morgan fingerprint density at radius 3 is 2.00 bits per heavy atom. The van der Waals surface area contributed by atoms with Crippen molar-refractivity contribution in [3.8, 4) is 0 Å². The molecule has 0 heterocycles. The van der Waals surface area contributed by atoms with E-state index in [9.17, 15) is 0 Å². The molecule has 0 aliphatic heterocycles. The van der Waals surface area contributed by atoms with Crippen LogP contribution in [-0.2, 0) is 0 Å². The Labute approximate surface area is 173 Å². The van der Waals surface area contributed by atoms with Crippen LogP contribution >= 0.6 is 0 Å². The Morgan fingerprint density at radius 2 is 1.44 bits per heavy atom. The van der Waals surface area contributed by atoms with Crippen molar-refractivity contribution in [1.82, 2.24) is 0 Å². The zero-order valence-electron chi connectivity index (χ0n) is 20.2. The molecule has 0 aromatic heterocycles. The van der Waals surface area contributed by atoms with E-state index in [1.54, 1.807) is 6.42 Å². The highest BCUT2D eigenvalue weighted by Gasteiger charge is 2.43. The summed E-state index contributed by atoms with van der Waals surface area (Å²) >= 11 is 0. The summed E-state index contributed by atoms with van der Waals surface area (Å²) < 4.78 is 0. The smallest absolute Gasteiger partial charge is 0.0352 e. The van der Waals surface area contributed by atoms with Gasteiger partial charge >= 0.3 is 0 Å². The molecular weight excluding hydrogens is 324 g/mol. The fourth-order valence-corrected chi connectivity index (χ4v) is 6.46. The summed E-state index contributed by atoms with van der Waals surface area (Å²) in [6.45, 7) is 17.2. The Hall–Kier alpha value is 0. The molecule has 1 aliphatic carbocycles. The molecule has 1 saturated carbocycles. The lowest BCUT2D eigenvalue weighted by Gasteiger charge is -2.50. The fourth-order valence-electron chi connectivity index (χ4n) is 6.46. The maximum absolute atomic E-state index is 2.63. The van der Waals surface area contributed by atoms with Gasteiger partial charge in [-0.3, -0.25) is 0 Å². The second-order valence-corrected chi connectivity index (χ2v) is 10.1. The molecule has 0 aromatic rings. The number of hydrogen-bond acceptors (Lipinski definition) is 0. The summed E-state index contributed by atoms with van der Waals surface area (Å²) in [4.78, 5) is 0. The van der Waals surface area contributed by atoms with Gasteiger partial charge in [0.1, 0.15) is 0 Å². The van der Waals surface area contributed by atoms with Crippen molar-refractivity contribution < 1.29 is 0 Å². The van der Waals surface area contributed by atoms with Crippen LogP contribution in [0.15, 0.2) is 0 Å². The van der Waals surface area contributed by atoms with Crippen molar-refractivity contribution in [3.05, 3.63) is 0 Å². The molecule has 0 bridgehead atoms. The van der Waals surface area contributed by atoms with Gasteiger partial charge in [-0.05, 0) is 60.7 Å². The molecule has 0 heteroatoms. The van der Waals surface area contributed by atoms with Crippen LogP contribution in [0, 0.1) is 41.4 Å². The summed E-state index contributed by atoms with van der Waals surface area (Å²) in [6.07, 6.45) is 18.7. The van der Waals surface area contributed by atoms with Gasteiger partial charge in [-0.25, -0.2) is 0 Å². The third kappa shape index (κ3) is 7.74. The van der Waals surface area contributed by atoms with Gasteiger partial charge in [-0.15, -0.1) is 0 Å². The van der Waals surface area contributed by atoms with Crippen LogP contribution in [0.25, 0.3) is 0 Å².